The maximum absolute atomic E-state index is 11.9. The third-order valence-corrected chi connectivity index (χ3v) is 16.5. The molecule has 2 nitrogen and oxygen atoms in total. The summed E-state index contributed by atoms with van der Waals surface area (Å²) in [6, 6.07) is 0. The molecule has 396 valence electrons. The van der Waals surface area contributed by atoms with Gasteiger partial charge in [-0.1, -0.05) is 324 Å². The maximum Gasteiger partial charge on any atom is 1.00 e. The van der Waals surface area contributed by atoms with Crippen LogP contribution in [0.3, 0.4) is 0 Å². The fourth-order valence-corrected chi connectivity index (χ4v) is 11.6. The Bertz CT molecular complexity index is 968. The first-order valence-electron chi connectivity index (χ1n) is 31.2. The molecule has 0 aromatic carbocycles. The van der Waals surface area contributed by atoms with Gasteiger partial charge in [-0.05, 0) is 61.2 Å². The fourth-order valence-electron chi connectivity index (χ4n) is 11.6. The molecule has 6 atom stereocenters. The van der Waals surface area contributed by atoms with E-state index in [1.807, 2.05) is 0 Å². The SMILES string of the molecule is CCCCCCCCCC(CCCC)CCCCCCCC1CC1CCCCCCCC.CCCCCCCCCC(CCCCCCCC1CC1CCCCCCCC)CC(=O)NC.[AlH3].[H-].[Li+]. The van der Waals surface area contributed by atoms with Gasteiger partial charge in [0.2, 0.25) is 5.91 Å². The summed E-state index contributed by atoms with van der Waals surface area (Å²) >= 11 is 0. The van der Waals surface area contributed by atoms with Crippen LogP contribution in [-0.4, -0.2) is 30.3 Å². The van der Waals surface area contributed by atoms with E-state index in [-0.39, 0.29) is 43.6 Å². The van der Waals surface area contributed by atoms with E-state index in [1.54, 1.807) is 26.3 Å². The number of hydrogen-bond donors (Lipinski definition) is 1. The van der Waals surface area contributed by atoms with Crippen LogP contribution in [0, 0.1) is 35.5 Å². The minimum absolute atomic E-state index is 0. The van der Waals surface area contributed by atoms with E-state index in [2.05, 4.69) is 39.9 Å². The quantitative estimate of drug-likeness (QED) is 0.0478. The van der Waals surface area contributed by atoms with E-state index < -0.39 is 0 Å². The molecule has 0 spiro atoms. The molecule has 0 radical (unpaired) electrons. The topological polar surface area (TPSA) is 29.1 Å². The van der Waals surface area contributed by atoms with Gasteiger partial charge in [-0.25, -0.2) is 0 Å². The minimum atomic E-state index is 0. The van der Waals surface area contributed by atoms with Crippen LogP contribution < -0.4 is 24.2 Å². The Labute approximate surface area is 449 Å². The number of hydrogen-bond acceptors (Lipinski definition) is 1. The maximum atomic E-state index is 11.9. The first-order chi connectivity index (χ1) is 32.0. The molecule has 2 rings (SSSR count). The summed E-state index contributed by atoms with van der Waals surface area (Å²) in [7, 11) is 1.78. The monoisotopic (exact) mass is 950 g/mol. The van der Waals surface area contributed by atoms with Gasteiger partial charge in [0.1, 0.15) is 0 Å². The zero-order valence-corrected chi connectivity index (χ0v) is 47.2. The van der Waals surface area contributed by atoms with Gasteiger partial charge in [0.15, 0.2) is 17.4 Å². The van der Waals surface area contributed by atoms with Gasteiger partial charge >= 0.3 is 18.9 Å². The third kappa shape index (κ3) is 47.4. The Morgan fingerprint density at radius 2 is 0.582 bits per heavy atom. The second-order valence-electron chi connectivity index (χ2n) is 22.9. The van der Waals surface area contributed by atoms with Crippen molar-refractivity contribution in [2.75, 3.05) is 7.05 Å². The second kappa shape index (κ2) is 54.4. The molecule has 0 aromatic heterocycles. The van der Waals surface area contributed by atoms with Crippen molar-refractivity contribution in [3.05, 3.63) is 0 Å². The molecular weight excluding hydrogens is 821 g/mol. The predicted octanol–water partition coefficient (Wildman–Crippen LogP) is 18.0. The van der Waals surface area contributed by atoms with Crippen LogP contribution in [0.4, 0.5) is 0 Å². The molecule has 1 amide bonds. The Morgan fingerprint density at radius 3 is 0.851 bits per heavy atom. The van der Waals surface area contributed by atoms with Crippen molar-refractivity contribution in [2.45, 2.75) is 356 Å². The summed E-state index contributed by atoms with van der Waals surface area (Å²) in [5.41, 5.74) is 0. The fraction of sp³-hybridized carbons (Fsp3) is 0.984. The zero-order valence-electron chi connectivity index (χ0n) is 48.2. The van der Waals surface area contributed by atoms with E-state index in [0.29, 0.717) is 5.92 Å². The summed E-state index contributed by atoms with van der Waals surface area (Å²) < 4.78 is 0. The van der Waals surface area contributed by atoms with Gasteiger partial charge in [-0.2, -0.15) is 0 Å². The van der Waals surface area contributed by atoms with Crippen molar-refractivity contribution in [3.63, 3.8) is 0 Å². The number of amides is 1. The van der Waals surface area contributed by atoms with Crippen molar-refractivity contribution in [2.24, 2.45) is 35.5 Å². The normalized spacial score (nSPS) is 18.1. The molecule has 0 bridgehead atoms. The van der Waals surface area contributed by atoms with Gasteiger partial charge in [-0.3, -0.25) is 4.79 Å². The summed E-state index contributed by atoms with van der Waals surface area (Å²) in [5, 5.41) is 2.84. The van der Waals surface area contributed by atoms with E-state index in [1.165, 1.54) is 295 Å². The Hall–Kier alpha value is 0.600. The summed E-state index contributed by atoms with van der Waals surface area (Å²) in [5.74, 6) is 6.32. The van der Waals surface area contributed by atoms with Gasteiger partial charge in [-0.15, -0.1) is 0 Å². The number of nitrogens with one attached hydrogen (secondary N) is 1. The molecular formula is C63H129AlLiNO. The molecule has 0 heterocycles. The predicted molar refractivity (Wildman–Crippen MR) is 305 cm³/mol. The average Bonchev–Trinajstić information content (AvgIpc) is 4.25. The van der Waals surface area contributed by atoms with Crippen molar-refractivity contribution in [1.29, 1.82) is 0 Å². The van der Waals surface area contributed by atoms with E-state index in [0.717, 1.165) is 36.0 Å². The van der Waals surface area contributed by atoms with Crippen LogP contribution in [0.25, 0.3) is 0 Å². The number of carbonyl (C=O) groups excluding carboxylic acids is 1. The molecule has 2 saturated carbocycles. The van der Waals surface area contributed by atoms with Crippen LogP contribution >= 0.6 is 0 Å². The smallest absolute Gasteiger partial charge is 1.00 e. The zero-order chi connectivity index (χ0) is 47.1. The van der Waals surface area contributed by atoms with E-state index >= 15 is 0 Å². The van der Waals surface area contributed by atoms with Gasteiger partial charge in [0, 0.05) is 13.5 Å². The molecule has 0 saturated heterocycles. The Morgan fingerprint density at radius 1 is 0.358 bits per heavy atom. The van der Waals surface area contributed by atoms with Crippen molar-refractivity contribution in [1.82, 2.24) is 5.32 Å². The van der Waals surface area contributed by atoms with Crippen LogP contribution in [0.15, 0.2) is 0 Å². The molecule has 2 aliphatic rings. The van der Waals surface area contributed by atoms with Gasteiger partial charge < -0.3 is 6.74 Å². The second-order valence-corrected chi connectivity index (χ2v) is 22.9. The summed E-state index contributed by atoms with van der Waals surface area (Å²) in [6.45, 7) is 11.6. The molecule has 6 unspecified atom stereocenters. The molecule has 0 aromatic rings. The van der Waals surface area contributed by atoms with Crippen LogP contribution in [0.2, 0.25) is 0 Å². The molecule has 2 aliphatic carbocycles. The van der Waals surface area contributed by atoms with Crippen LogP contribution in [0.5, 0.6) is 0 Å². The summed E-state index contributed by atoms with van der Waals surface area (Å²) in [6.07, 6.45) is 71.7. The first-order valence-corrected chi connectivity index (χ1v) is 31.2. The Kier molecular flexibility index (Phi) is 56.5. The van der Waals surface area contributed by atoms with E-state index in [9.17, 15) is 4.79 Å². The van der Waals surface area contributed by atoms with Crippen molar-refractivity contribution < 1.29 is 25.1 Å². The molecule has 0 aliphatic heterocycles. The Balaban J connectivity index is -0.00000119. The largest absolute Gasteiger partial charge is 1.00 e. The standard InChI is InChI=1S/C32H64.C31H61NO.Al.Li.4H/c1-4-7-10-12-14-16-20-25-30(24-9-6-3)26-21-17-15-19-23-28-32-29-31(32)27-22-18-13-11-8-5-2;1-4-6-8-10-12-14-18-22-28(26-31(33)32-3)23-19-15-13-17-21-25-30-27-29(30)24-20-16-11-9-7-5-2;;;;;;/h30-32H,4-29H2,1-3H3;28-30H,4-27H2,1-3H3,(H,32,33);;;;;;/q;;;+1;;;;-1. The van der Waals surface area contributed by atoms with Crippen LogP contribution in [-0.2, 0) is 4.79 Å². The van der Waals surface area contributed by atoms with Crippen molar-refractivity contribution in [3.8, 4) is 0 Å². The number of carbonyl (C=O) groups is 1. The third-order valence-electron chi connectivity index (χ3n) is 16.5. The number of unbranched alkanes of at least 4 members (excludes halogenated alkanes) is 31. The van der Waals surface area contributed by atoms with Crippen molar-refractivity contribution >= 4 is 23.3 Å². The summed E-state index contributed by atoms with van der Waals surface area (Å²) in [4.78, 5) is 11.9. The number of rotatable bonds is 51. The van der Waals surface area contributed by atoms with Gasteiger partial charge in [0.25, 0.3) is 0 Å². The molecule has 2 fully saturated rings. The van der Waals surface area contributed by atoms with Crippen LogP contribution in [0.1, 0.15) is 357 Å². The average molecular weight is 951 g/mol. The minimum Gasteiger partial charge on any atom is -1.00 e. The van der Waals surface area contributed by atoms with E-state index in [4.69, 9.17) is 0 Å². The first kappa shape index (κ1) is 69.7. The molecule has 67 heavy (non-hydrogen) atoms. The molecule has 4 heteroatoms. The molecule has 1 N–H and O–H groups in total. The van der Waals surface area contributed by atoms with Gasteiger partial charge in [0.05, 0.1) is 0 Å².